The molecule has 0 heterocycles. The Bertz CT molecular complexity index is 525. The van der Waals surface area contributed by atoms with Crippen LogP contribution in [0.2, 0.25) is 0 Å². The predicted molar refractivity (Wildman–Crippen MR) is 92.9 cm³/mol. The van der Waals surface area contributed by atoms with Gasteiger partial charge in [0, 0.05) is 12.1 Å². The van der Waals surface area contributed by atoms with Gasteiger partial charge in [0.25, 0.3) is 5.91 Å². The molecule has 0 fully saturated rings. The molecule has 3 N–H and O–H groups in total. The van der Waals surface area contributed by atoms with Crippen LogP contribution in [-0.2, 0) is 11.2 Å². The highest BCUT2D eigenvalue weighted by molar-refractivity contribution is 5.77. The Balaban J connectivity index is 2.57. The largest absolute Gasteiger partial charge is 0.493 e. The summed E-state index contributed by atoms with van der Waals surface area (Å²) in [6, 6.07) is 5.61. The first kappa shape index (κ1) is 19.0. The lowest BCUT2D eigenvalue weighted by Gasteiger charge is -2.26. The van der Waals surface area contributed by atoms with Gasteiger partial charge < -0.3 is 20.5 Å². The first-order valence-corrected chi connectivity index (χ1v) is 7.94. The van der Waals surface area contributed by atoms with Gasteiger partial charge >= 0.3 is 0 Å². The average molecular weight is 320 g/mol. The number of amides is 1. The minimum atomic E-state index is -0.361. The van der Waals surface area contributed by atoms with E-state index in [1.807, 2.05) is 32.1 Å². The number of allylic oxidation sites excluding steroid dienone is 1. The summed E-state index contributed by atoms with van der Waals surface area (Å²) in [5.41, 5.74) is 6.87. The summed E-state index contributed by atoms with van der Waals surface area (Å²) in [5.74, 6) is 0.951. The van der Waals surface area contributed by atoms with E-state index in [9.17, 15) is 4.79 Å². The Kier molecular flexibility index (Phi) is 7.62. The molecule has 0 radical (unpaired) electrons. The number of nitrogens with two attached hydrogens (primary N) is 1. The summed E-state index contributed by atoms with van der Waals surface area (Å²) in [5, 5.41) is 2.82. The molecule has 0 aliphatic carbocycles. The molecule has 0 bridgehead atoms. The van der Waals surface area contributed by atoms with Crippen LogP contribution >= 0.6 is 0 Å². The van der Waals surface area contributed by atoms with Crippen molar-refractivity contribution < 1.29 is 14.3 Å². The summed E-state index contributed by atoms with van der Waals surface area (Å²) < 4.78 is 10.9. The van der Waals surface area contributed by atoms with Crippen LogP contribution in [0.4, 0.5) is 0 Å². The summed E-state index contributed by atoms with van der Waals surface area (Å²) in [4.78, 5) is 11.9. The second-order valence-corrected chi connectivity index (χ2v) is 5.61. The Labute approximate surface area is 138 Å². The van der Waals surface area contributed by atoms with E-state index in [-0.39, 0.29) is 18.1 Å². The van der Waals surface area contributed by atoms with Gasteiger partial charge in [-0.15, -0.1) is 6.58 Å². The zero-order chi connectivity index (χ0) is 17.3. The quantitative estimate of drug-likeness (QED) is 0.649. The molecule has 0 atom stereocenters. The van der Waals surface area contributed by atoms with Gasteiger partial charge in [0.05, 0.1) is 7.11 Å². The van der Waals surface area contributed by atoms with Gasteiger partial charge in [-0.2, -0.15) is 0 Å². The number of nitrogens with one attached hydrogen (secondary N) is 1. The van der Waals surface area contributed by atoms with E-state index in [4.69, 9.17) is 15.2 Å². The molecule has 5 nitrogen and oxygen atoms in total. The number of methoxy groups -OCH3 is 1. The van der Waals surface area contributed by atoms with Crippen molar-refractivity contribution in [1.82, 2.24) is 5.32 Å². The highest BCUT2D eigenvalue weighted by Gasteiger charge is 2.21. The SMILES string of the molecule is C=CCc1ccc(OCC(=O)NCC(N)(CC)CC)c(OC)c1. The molecule has 0 unspecified atom stereocenters. The van der Waals surface area contributed by atoms with E-state index in [0.29, 0.717) is 18.0 Å². The lowest BCUT2D eigenvalue weighted by Crippen LogP contribution is -2.50. The fourth-order valence-electron chi connectivity index (χ4n) is 2.09. The first-order chi connectivity index (χ1) is 11.0. The minimum Gasteiger partial charge on any atom is -0.493 e. The summed E-state index contributed by atoms with van der Waals surface area (Å²) in [6.07, 6.45) is 4.19. The van der Waals surface area contributed by atoms with Crippen LogP contribution in [0.25, 0.3) is 0 Å². The number of benzene rings is 1. The van der Waals surface area contributed by atoms with Crippen LogP contribution in [0.5, 0.6) is 11.5 Å². The number of hydrogen-bond donors (Lipinski definition) is 2. The van der Waals surface area contributed by atoms with E-state index in [0.717, 1.165) is 24.8 Å². The van der Waals surface area contributed by atoms with Crippen molar-refractivity contribution in [3.8, 4) is 11.5 Å². The third kappa shape index (κ3) is 5.94. The van der Waals surface area contributed by atoms with Gasteiger partial charge in [-0.1, -0.05) is 26.0 Å². The Morgan fingerprint density at radius 1 is 1.35 bits per heavy atom. The number of carbonyl (C=O) groups excluding carboxylic acids is 1. The molecule has 0 saturated heterocycles. The first-order valence-electron chi connectivity index (χ1n) is 7.94. The zero-order valence-corrected chi connectivity index (χ0v) is 14.4. The second kappa shape index (κ2) is 9.20. The Morgan fingerprint density at radius 3 is 2.61 bits per heavy atom. The third-order valence-corrected chi connectivity index (χ3v) is 4.01. The van der Waals surface area contributed by atoms with Crippen LogP contribution < -0.4 is 20.5 Å². The summed E-state index contributed by atoms with van der Waals surface area (Å²) >= 11 is 0. The van der Waals surface area contributed by atoms with Crippen LogP contribution in [0, 0.1) is 0 Å². The molecule has 0 aromatic heterocycles. The molecular formula is C18H28N2O3. The second-order valence-electron chi connectivity index (χ2n) is 5.61. The number of hydrogen-bond acceptors (Lipinski definition) is 4. The molecule has 1 amide bonds. The molecule has 5 heteroatoms. The van der Waals surface area contributed by atoms with E-state index in [1.165, 1.54) is 0 Å². The van der Waals surface area contributed by atoms with Gasteiger partial charge in [-0.3, -0.25) is 4.79 Å². The molecule has 1 rings (SSSR count). The van der Waals surface area contributed by atoms with Crippen molar-refractivity contribution in [1.29, 1.82) is 0 Å². The van der Waals surface area contributed by atoms with Crippen molar-refractivity contribution in [2.45, 2.75) is 38.6 Å². The predicted octanol–water partition coefficient (Wildman–Crippen LogP) is 2.44. The lowest BCUT2D eigenvalue weighted by atomic mass is 9.94. The maximum Gasteiger partial charge on any atom is 0.258 e. The molecule has 0 aliphatic heterocycles. The molecule has 23 heavy (non-hydrogen) atoms. The van der Waals surface area contributed by atoms with Crippen LogP contribution in [0.1, 0.15) is 32.3 Å². The fraction of sp³-hybridized carbons (Fsp3) is 0.500. The molecule has 1 aromatic rings. The molecular weight excluding hydrogens is 292 g/mol. The van der Waals surface area contributed by atoms with E-state index in [1.54, 1.807) is 13.2 Å². The maximum atomic E-state index is 11.9. The average Bonchev–Trinajstić information content (AvgIpc) is 2.58. The van der Waals surface area contributed by atoms with E-state index < -0.39 is 0 Å². The van der Waals surface area contributed by atoms with Gasteiger partial charge in [-0.25, -0.2) is 0 Å². The standard InChI is InChI=1S/C18H28N2O3/c1-5-8-14-9-10-15(16(11-14)22-4)23-12-17(21)20-13-18(19,6-2)7-3/h5,9-11H,1,6-8,12-13,19H2,2-4H3,(H,20,21). The van der Waals surface area contributed by atoms with Gasteiger partial charge in [0.1, 0.15) is 0 Å². The normalized spacial score (nSPS) is 11.0. The van der Waals surface area contributed by atoms with E-state index in [2.05, 4.69) is 11.9 Å². The zero-order valence-electron chi connectivity index (χ0n) is 14.4. The highest BCUT2D eigenvalue weighted by Crippen LogP contribution is 2.28. The summed E-state index contributed by atoms with van der Waals surface area (Å²) in [6.45, 7) is 8.12. The van der Waals surface area contributed by atoms with Gasteiger partial charge in [0.15, 0.2) is 18.1 Å². The van der Waals surface area contributed by atoms with E-state index >= 15 is 0 Å². The van der Waals surface area contributed by atoms with Gasteiger partial charge in [0.2, 0.25) is 0 Å². The van der Waals surface area contributed by atoms with Gasteiger partial charge in [-0.05, 0) is 37.0 Å². The molecule has 0 aliphatic rings. The third-order valence-electron chi connectivity index (χ3n) is 4.01. The smallest absolute Gasteiger partial charge is 0.258 e. The minimum absolute atomic E-state index is 0.0688. The summed E-state index contributed by atoms with van der Waals surface area (Å²) in [7, 11) is 1.57. The molecule has 0 spiro atoms. The van der Waals surface area contributed by atoms with Crippen molar-refractivity contribution in [2.24, 2.45) is 5.73 Å². The van der Waals surface area contributed by atoms with Crippen molar-refractivity contribution in [3.63, 3.8) is 0 Å². The molecule has 0 saturated carbocycles. The van der Waals surface area contributed by atoms with Crippen LogP contribution in [0.3, 0.4) is 0 Å². The highest BCUT2D eigenvalue weighted by atomic mass is 16.5. The fourth-order valence-corrected chi connectivity index (χ4v) is 2.09. The Morgan fingerprint density at radius 2 is 2.04 bits per heavy atom. The maximum absolute atomic E-state index is 11.9. The molecule has 1 aromatic carbocycles. The van der Waals surface area contributed by atoms with Crippen molar-refractivity contribution in [3.05, 3.63) is 36.4 Å². The Hall–Kier alpha value is -2.01. The number of rotatable bonds is 10. The van der Waals surface area contributed by atoms with Crippen LogP contribution in [-0.4, -0.2) is 31.7 Å². The van der Waals surface area contributed by atoms with Crippen LogP contribution in [0.15, 0.2) is 30.9 Å². The number of ether oxygens (including phenoxy) is 2. The monoisotopic (exact) mass is 320 g/mol. The van der Waals surface area contributed by atoms with Crippen molar-refractivity contribution >= 4 is 5.91 Å². The lowest BCUT2D eigenvalue weighted by molar-refractivity contribution is -0.123. The topological polar surface area (TPSA) is 73.6 Å². The number of carbonyl (C=O) groups is 1. The molecule has 128 valence electrons. The van der Waals surface area contributed by atoms with Crippen molar-refractivity contribution in [2.75, 3.05) is 20.3 Å².